The summed E-state index contributed by atoms with van der Waals surface area (Å²) in [6, 6.07) is 12.7. The number of benzene rings is 2. The molecule has 0 spiro atoms. The van der Waals surface area contributed by atoms with E-state index in [-0.39, 0.29) is 24.4 Å². The monoisotopic (exact) mass is 514 g/mol. The molecule has 0 N–H and O–H groups in total. The molecular weight excluding hydrogens is 487 g/mol. The van der Waals surface area contributed by atoms with E-state index < -0.39 is 5.82 Å². The molecule has 35 heavy (non-hydrogen) atoms. The molecule has 4 rings (SSSR count). The van der Waals surface area contributed by atoms with Crippen LogP contribution in [0.1, 0.15) is 45.7 Å². The highest BCUT2D eigenvalue weighted by molar-refractivity contribution is 7.10. The van der Waals surface area contributed by atoms with Crippen LogP contribution >= 0.6 is 22.9 Å². The van der Waals surface area contributed by atoms with Crippen molar-refractivity contribution >= 4 is 34.8 Å². The van der Waals surface area contributed by atoms with Gasteiger partial charge in [0.25, 0.3) is 5.91 Å². The standard InChI is InChI=1S/C27H28ClFN2O3S/c1-3-12-30(27(33)19-4-6-20(29)7-5-19)16-26(32)31-13-10-25-22(11-14-35-25)24(31)17-34-21-8-9-23(28)18(2)15-21/h4-9,11,14-15,24H,3,10,12-13,16-17H2,1-2H3/t24-/m1/s1. The summed E-state index contributed by atoms with van der Waals surface area (Å²) < 4.78 is 19.4. The summed E-state index contributed by atoms with van der Waals surface area (Å²) >= 11 is 7.83. The van der Waals surface area contributed by atoms with Crippen LogP contribution in [0.2, 0.25) is 5.02 Å². The first-order chi connectivity index (χ1) is 16.9. The number of hydrogen-bond donors (Lipinski definition) is 0. The summed E-state index contributed by atoms with van der Waals surface area (Å²) in [6.45, 7) is 5.13. The Morgan fingerprint density at radius 2 is 1.97 bits per heavy atom. The molecule has 0 aliphatic carbocycles. The maximum absolute atomic E-state index is 13.5. The van der Waals surface area contributed by atoms with Crippen LogP contribution in [0.5, 0.6) is 5.75 Å². The number of aryl methyl sites for hydroxylation is 1. The minimum atomic E-state index is -0.404. The molecule has 3 aromatic rings. The molecule has 2 heterocycles. The Kier molecular flexibility index (Phi) is 8.08. The van der Waals surface area contributed by atoms with Crippen LogP contribution in [0.4, 0.5) is 4.39 Å². The Morgan fingerprint density at radius 1 is 1.20 bits per heavy atom. The lowest BCUT2D eigenvalue weighted by atomic mass is 10.00. The Labute approximate surface area is 214 Å². The summed E-state index contributed by atoms with van der Waals surface area (Å²) in [7, 11) is 0. The zero-order chi connectivity index (χ0) is 24.9. The Balaban J connectivity index is 1.52. The fourth-order valence-corrected chi connectivity index (χ4v) is 5.35. The Hall–Kier alpha value is -2.90. The predicted octanol–water partition coefficient (Wildman–Crippen LogP) is 5.91. The first-order valence-corrected chi connectivity index (χ1v) is 12.9. The number of fused-ring (bicyclic) bond motifs is 1. The van der Waals surface area contributed by atoms with E-state index in [9.17, 15) is 14.0 Å². The van der Waals surface area contributed by atoms with Gasteiger partial charge in [-0.3, -0.25) is 9.59 Å². The summed E-state index contributed by atoms with van der Waals surface area (Å²) in [5.74, 6) is -0.122. The van der Waals surface area contributed by atoms with Crippen LogP contribution in [0.15, 0.2) is 53.9 Å². The van der Waals surface area contributed by atoms with E-state index in [1.807, 2.05) is 42.3 Å². The van der Waals surface area contributed by atoms with E-state index in [1.165, 1.54) is 29.1 Å². The van der Waals surface area contributed by atoms with Gasteiger partial charge in [0.2, 0.25) is 5.91 Å². The highest BCUT2D eigenvalue weighted by Crippen LogP contribution is 2.34. The van der Waals surface area contributed by atoms with Gasteiger partial charge >= 0.3 is 0 Å². The van der Waals surface area contributed by atoms with Gasteiger partial charge < -0.3 is 14.5 Å². The minimum Gasteiger partial charge on any atom is -0.491 e. The lowest BCUT2D eigenvalue weighted by Gasteiger charge is -2.37. The van der Waals surface area contributed by atoms with Crippen LogP contribution in [0, 0.1) is 12.7 Å². The van der Waals surface area contributed by atoms with Crippen LogP contribution in [-0.2, 0) is 11.2 Å². The van der Waals surface area contributed by atoms with Crippen molar-refractivity contribution in [2.24, 2.45) is 0 Å². The van der Waals surface area contributed by atoms with Gasteiger partial charge in [-0.25, -0.2) is 4.39 Å². The molecule has 0 fully saturated rings. The fraction of sp³-hybridized carbons (Fsp3) is 0.333. The average Bonchev–Trinajstić information content (AvgIpc) is 3.33. The van der Waals surface area contributed by atoms with Crippen molar-refractivity contribution in [2.75, 3.05) is 26.2 Å². The number of ether oxygens (including phenoxy) is 1. The zero-order valence-corrected chi connectivity index (χ0v) is 21.4. The molecule has 0 saturated carbocycles. The number of hydrogen-bond acceptors (Lipinski definition) is 4. The number of amides is 2. The molecule has 0 saturated heterocycles. The maximum atomic E-state index is 13.5. The van der Waals surface area contributed by atoms with E-state index in [4.69, 9.17) is 16.3 Å². The smallest absolute Gasteiger partial charge is 0.254 e. The third-order valence-corrected chi connectivity index (χ3v) is 7.57. The number of carbonyl (C=O) groups excluding carboxylic acids is 2. The number of carbonyl (C=O) groups is 2. The van der Waals surface area contributed by atoms with Gasteiger partial charge in [-0.05, 0) is 84.8 Å². The van der Waals surface area contributed by atoms with Crippen LogP contribution < -0.4 is 4.74 Å². The van der Waals surface area contributed by atoms with Crippen LogP contribution in [-0.4, -0.2) is 47.9 Å². The van der Waals surface area contributed by atoms with Gasteiger partial charge in [0.05, 0.1) is 6.04 Å². The summed E-state index contributed by atoms with van der Waals surface area (Å²) in [4.78, 5) is 31.2. The molecule has 0 bridgehead atoms. The first-order valence-electron chi connectivity index (χ1n) is 11.7. The molecule has 1 aliphatic rings. The Bertz CT molecular complexity index is 1200. The number of nitrogens with zero attached hydrogens (tertiary/aromatic N) is 2. The number of halogens is 2. The average molecular weight is 515 g/mol. The summed E-state index contributed by atoms with van der Waals surface area (Å²) in [5.41, 5.74) is 2.38. The summed E-state index contributed by atoms with van der Waals surface area (Å²) in [5, 5.41) is 2.72. The largest absolute Gasteiger partial charge is 0.491 e. The lowest BCUT2D eigenvalue weighted by Crippen LogP contribution is -2.48. The quantitative estimate of drug-likeness (QED) is 0.375. The third kappa shape index (κ3) is 5.85. The molecule has 2 amide bonds. The van der Waals surface area contributed by atoms with Crippen LogP contribution in [0.25, 0.3) is 0 Å². The van der Waals surface area contributed by atoms with Crippen molar-refractivity contribution in [1.82, 2.24) is 9.80 Å². The Morgan fingerprint density at radius 3 is 2.69 bits per heavy atom. The van der Waals surface area contributed by atoms with Gasteiger partial charge in [0, 0.05) is 28.6 Å². The second-order valence-electron chi connectivity index (χ2n) is 8.61. The molecule has 184 valence electrons. The molecule has 1 aromatic heterocycles. The van der Waals surface area contributed by atoms with E-state index in [0.717, 1.165) is 17.5 Å². The van der Waals surface area contributed by atoms with Crippen molar-refractivity contribution in [3.05, 3.63) is 86.3 Å². The van der Waals surface area contributed by atoms with Crippen molar-refractivity contribution in [1.29, 1.82) is 0 Å². The normalized spacial score (nSPS) is 15.0. The molecule has 2 aromatic carbocycles. The fourth-order valence-electron chi connectivity index (χ4n) is 4.31. The van der Waals surface area contributed by atoms with Crippen molar-refractivity contribution in [2.45, 2.75) is 32.7 Å². The lowest BCUT2D eigenvalue weighted by molar-refractivity contribution is -0.135. The second-order valence-corrected chi connectivity index (χ2v) is 10.0. The van der Waals surface area contributed by atoms with Gasteiger partial charge in [0.1, 0.15) is 24.7 Å². The van der Waals surface area contributed by atoms with E-state index in [2.05, 4.69) is 0 Å². The van der Waals surface area contributed by atoms with E-state index in [1.54, 1.807) is 22.3 Å². The molecule has 8 heteroatoms. The number of rotatable bonds is 8. The van der Waals surface area contributed by atoms with Gasteiger partial charge in [-0.1, -0.05) is 18.5 Å². The topological polar surface area (TPSA) is 49.9 Å². The van der Waals surface area contributed by atoms with Crippen LogP contribution in [0.3, 0.4) is 0 Å². The first kappa shape index (κ1) is 25.2. The zero-order valence-electron chi connectivity index (χ0n) is 19.8. The third-order valence-electron chi connectivity index (χ3n) is 6.15. The minimum absolute atomic E-state index is 0.0416. The SMILES string of the molecule is CCCN(CC(=O)N1CCc2sccc2[C@H]1COc1ccc(Cl)c(C)c1)C(=O)c1ccc(F)cc1. The van der Waals surface area contributed by atoms with Gasteiger partial charge in [-0.2, -0.15) is 0 Å². The van der Waals surface area contributed by atoms with Crippen molar-refractivity contribution in [3.63, 3.8) is 0 Å². The second kappa shape index (κ2) is 11.2. The summed E-state index contributed by atoms with van der Waals surface area (Å²) in [6.07, 6.45) is 1.48. The molecule has 0 unspecified atom stereocenters. The molecule has 5 nitrogen and oxygen atoms in total. The highest BCUT2D eigenvalue weighted by Gasteiger charge is 2.33. The molecule has 1 atom stereocenters. The van der Waals surface area contributed by atoms with Crippen molar-refractivity contribution < 1.29 is 18.7 Å². The van der Waals surface area contributed by atoms with Crippen molar-refractivity contribution in [3.8, 4) is 5.75 Å². The highest BCUT2D eigenvalue weighted by atomic mass is 35.5. The molecule has 1 aliphatic heterocycles. The molecule has 0 radical (unpaired) electrons. The predicted molar refractivity (Wildman–Crippen MR) is 137 cm³/mol. The van der Waals surface area contributed by atoms with Gasteiger partial charge in [-0.15, -0.1) is 11.3 Å². The van der Waals surface area contributed by atoms with E-state index >= 15 is 0 Å². The van der Waals surface area contributed by atoms with Gasteiger partial charge in [0.15, 0.2) is 0 Å². The number of thiophene rings is 1. The molecular formula is C27H28ClFN2O3S. The maximum Gasteiger partial charge on any atom is 0.254 e. The van der Waals surface area contributed by atoms with E-state index in [0.29, 0.717) is 42.5 Å².